The summed E-state index contributed by atoms with van der Waals surface area (Å²) in [6.07, 6.45) is 10.1. The molecule has 1 aromatic rings. The molecular weight excluding hydrogens is 262 g/mol. The smallest absolute Gasteiger partial charge is 0.223 e. The van der Waals surface area contributed by atoms with Crippen molar-refractivity contribution < 1.29 is 4.79 Å². The first-order valence-corrected chi connectivity index (χ1v) is 8.24. The van der Waals surface area contributed by atoms with E-state index in [9.17, 15) is 4.79 Å². The molecule has 1 unspecified atom stereocenters. The van der Waals surface area contributed by atoms with E-state index in [1.165, 1.54) is 18.4 Å². The Hall–Kier alpha value is -1.42. The Balaban J connectivity index is 1.55. The predicted molar refractivity (Wildman–Crippen MR) is 82.8 cm³/mol. The average molecular weight is 287 g/mol. The molecule has 1 atom stereocenters. The zero-order valence-electron chi connectivity index (χ0n) is 12.6. The van der Waals surface area contributed by atoms with Gasteiger partial charge in [0.25, 0.3) is 0 Å². The van der Waals surface area contributed by atoms with Crippen LogP contribution in [0.2, 0.25) is 0 Å². The Morgan fingerprint density at radius 1 is 1.33 bits per heavy atom. The summed E-state index contributed by atoms with van der Waals surface area (Å²) in [5.41, 5.74) is 1.19. The summed E-state index contributed by atoms with van der Waals surface area (Å²) in [6.45, 7) is 3.13. The van der Waals surface area contributed by atoms with Crippen LogP contribution in [0.25, 0.3) is 0 Å². The SMILES string of the molecule is O=C(CCC1CCNCC1)N1CCCC1c1cccnc1. The van der Waals surface area contributed by atoms with Crippen molar-refractivity contribution in [2.45, 2.75) is 44.6 Å². The molecule has 4 heteroatoms. The quantitative estimate of drug-likeness (QED) is 0.925. The van der Waals surface area contributed by atoms with Crippen molar-refractivity contribution in [3.63, 3.8) is 0 Å². The average Bonchev–Trinajstić information content (AvgIpc) is 3.04. The van der Waals surface area contributed by atoms with E-state index in [2.05, 4.69) is 21.3 Å². The van der Waals surface area contributed by atoms with Crippen molar-refractivity contribution in [2.75, 3.05) is 19.6 Å². The summed E-state index contributed by atoms with van der Waals surface area (Å²) in [5.74, 6) is 1.06. The Labute approximate surface area is 126 Å². The minimum atomic E-state index is 0.249. The number of carbonyl (C=O) groups excluding carboxylic acids is 1. The maximum atomic E-state index is 12.6. The highest BCUT2D eigenvalue weighted by molar-refractivity contribution is 5.77. The highest BCUT2D eigenvalue weighted by atomic mass is 16.2. The van der Waals surface area contributed by atoms with E-state index in [0.717, 1.165) is 44.8 Å². The number of nitrogens with one attached hydrogen (secondary N) is 1. The standard InChI is InChI=1S/C17H25N3O/c21-17(6-5-14-7-10-18-11-8-14)20-12-2-4-16(20)15-3-1-9-19-13-15/h1,3,9,13-14,16,18H,2,4-8,10-12H2. The highest BCUT2D eigenvalue weighted by Crippen LogP contribution is 2.32. The largest absolute Gasteiger partial charge is 0.336 e. The van der Waals surface area contributed by atoms with Gasteiger partial charge >= 0.3 is 0 Å². The molecule has 2 saturated heterocycles. The Morgan fingerprint density at radius 2 is 2.19 bits per heavy atom. The number of pyridine rings is 1. The Kier molecular flexibility index (Phi) is 4.86. The van der Waals surface area contributed by atoms with Crippen LogP contribution < -0.4 is 5.32 Å². The van der Waals surface area contributed by atoms with Crippen LogP contribution in [-0.2, 0) is 4.79 Å². The van der Waals surface area contributed by atoms with Crippen LogP contribution >= 0.6 is 0 Å². The monoisotopic (exact) mass is 287 g/mol. The molecule has 1 amide bonds. The van der Waals surface area contributed by atoms with Crippen molar-refractivity contribution >= 4 is 5.91 Å². The van der Waals surface area contributed by atoms with Crippen LogP contribution in [-0.4, -0.2) is 35.4 Å². The van der Waals surface area contributed by atoms with Gasteiger partial charge < -0.3 is 10.2 Å². The molecule has 1 aromatic heterocycles. The normalized spacial score (nSPS) is 23.4. The van der Waals surface area contributed by atoms with E-state index >= 15 is 0 Å². The fourth-order valence-corrected chi connectivity index (χ4v) is 3.63. The molecule has 0 aromatic carbocycles. The number of likely N-dealkylation sites (tertiary alicyclic amines) is 1. The molecule has 2 fully saturated rings. The van der Waals surface area contributed by atoms with E-state index in [1.54, 1.807) is 6.20 Å². The van der Waals surface area contributed by atoms with E-state index in [0.29, 0.717) is 12.3 Å². The second kappa shape index (κ2) is 7.03. The summed E-state index contributed by atoms with van der Waals surface area (Å²) in [4.78, 5) is 18.8. The minimum Gasteiger partial charge on any atom is -0.336 e. The maximum absolute atomic E-state index is 12.6. The third-order valence-electron chi connectivity index (χ3n) is 4.87. The van der Waals surface area contributed by atoms with Gasteiger partial charge in [0.1, 0.15) is 0 Å². The third-order valence-corrected chi connectivity index (χ3v) is 4.87. The molecule has 1 N–H and O–H groups in total. The molecule has 0 bridgehead atoms. The molecule has 0 spiro atoms. The van der Waals surface area contributed by atoms with Crippen molar-refractivity contribution in [3.05, 3.63) is 30.1 Å². The van der Waals surface area contributed by atoms with E-state index in [1.807, 2.05) is 12.3 Å². The van der Waals surface area contributed by atoms with Crippen molar-refractivity contribution in [3.8, 4) is 0 Å². The third kappa shape index (κ3) is 3.62. The first-order chi connectivity index (χ1) is 10.3. The summed E-state index contributed by atoms with van der Waals surface area (Å²) < 4.78 is 0. The van der Waals surface area contributed by atoms with Crippen molar-refractivity contribution in [1.29, 1.82) is 0 Å². The Morgan fingerprint density at radius 3 is 2.95 bits per heavy atom. The first-order valence-electron chi connectivity index (χ1n) is 8.24. The first kappa shape index (κ1) is 14.5. The van der Waals surface area contributed by atoms with Gasteiger partial charge in [-0.15, -0.1) is 0 Å². The molecular formula is C17H25N3O. The molecule has 3 rings (SSSR count). The lowest BCUT2D eigenvalue weighted by atomic mass is 9.93. The lowest BCUT2D eigenvalue weighted by Gasteiger charge is -2.27. The van der Waals surface area contributed by atoms with Crippen molar-refractivity contribution in [1.82, 2.24) is 15.2 Å². The number of rotatable bonds is 4. The summed E-state index contributed by atoms with van der Waals surface area (Å²) in [5, 5.41) is 3.38. The number of amides is 1. The van der Waals surface area contributed by atoms with E-state index in [-0.39, 0.29) is 6.04 Å². The Bertz CT molecular complexity index is 456. The molecule has 21 heavy (non-hydrogen) atoms. The van der Waals surface area contributed by atoms with Gasteiger partial charge in [-0.2, -0.15) is 0 Å². The zero-order chi connectivity index (χ0) is 14.5. The number of hydrogen-bond donors (Lipinski definition) is 1. The molecule has 0 saturated carbocycles. The van der Waals surface area contributed by atoms with Gasteiger partial charge in [-0.3, -0.25) is 9.78 Å². The van der Waals surface area contributed by atoms with Crippen LogP contribution in [0.5, 0.6) is 0 Å². The van der Waals surface area contributed by atoms with Crippen LogP contribution in [0, 0.1) is 5.92 Å². The summed E-state index contributed by atoms with van der Waals surface area (Å²) in [6, 6.07) is 4.31. The number of piperidine rings is 1. The molecule has 2 aliphatic rings. The fraction of sp³-hybridized carbons (Fsp3) is 0.647. The predicted octanol–water partition coefficient (Wildman–Crippen LogP) is 2.52. The van der Waals surface area contributed by atoms with E-state index < -0.39 is 0 Å². The number of aromatic nitrogens is 1. The van der Waals surface area contributed by atoms with Gasteiger partial charge in [0.2, 0.25) is 5.91 Å². The molecule has 0 radical (unpaired) electrons. The molecule has 0 aliphatic carbocycles. The molecule has 114 valence electrons. The second-order valence-corrected chi connectivity index (χ2v) is 6.26. The number of hydrogen-bond acceptors (Lipinski definition) is 3. The van der Waals surface area contributed by atoms with Gasteiger partial charge in [-0.1, -0.05) is 6.07 Å². The van der Waals surface area contributed by atoms with Crippen LogP contribution in [0.3, 0.4) is 0 Å². The molecule has 2 aliphatic heterocycles. The van der Waals surface area contributed by atoms with Crippen LogP contribution in [0.1, 0.15) is 50.1 Å². The maximum Gasteiger partial charge on any atom is 0.223 e. The van der Waals surface area contributed by atoms with Crippen molar-refractivity contribution in [2.24, 2.45) is 5.92 Å². The summed E-state index contributed by atoms with van der Waals surface area (Å²) in [7, 11) is 0. The van der Waals surface area contributed by atoms with Gasteiger partial charge in [0, 0.05) is 25.4 Å². The topological polar surface area (TPSA) is 45.2 Å². The molecule has 4 nitrogen and oxygen atoms in total. The fourth-order valence-electron chi connectivity index (χ4n) is 3.63. The highest BCUT2D eigenvalue weighted by Gasteiger charge is 2.30. The van der Waals surface area contributed by atoms with Gasteiger partial charge in [0.15, 0.2) is 0 Å². The van der Waals surface area contributed by atoms with Crippen LogP contribution in [0.15, 0.2) is 24.5 Å². The second-order valence-electron chi connectivity index (χ2n) is 6.26. The van der Waals surface area contributed by atoms with Gasteiger partial charge in [0.05, 0.1) is 6.04 Å². The van der Waals surface area contributed by atoms with Gasteiger partial charge in [-0.05, 0) is 62.7 Å². The number of carbonyl (C=O) groups is 1. The molecule has 3 heterocycles. The lowest BCUT2D eigenvalue weighted by Crippen LogP contribution is -2.32. The lowest BCUT2D eigenvalue weighted by molar-refractivity contribution is -0.132. The zero-order valence-corrected chi connectivity index (χ0v) is 12.6. The minimum absolute atomic E-state index is 0.249. The number of nitrogens with zero attached hydrogens (tertiary/aromatic N) is 2. The van der Waals surface area contributed by atoms with E-state index in [4.69, 9.17) is 0 Å². The van der Waals surface area contributed by atoms with Gasteiger partial charge in [-0.25, -0.2) is 0 Å². The summed E-state index contributed by atoms with van der Waals surface area (Å²) >= 11 is 0. The van der Waals surface area contributed by atoms with Crippen LogP contribution in [0.4, 0.5) is 0 Å².